The second-order valence-electron chi connectivity index (χ2n) is 9.10. The maximum Gasteiger partial charge on any atom is 0.410 e. The van der Waals surface area contributed by atoms with E-state index in [9.17, 15) is 17.6 Å². The van der Waals surface area contributed by atoms with E-state index in [1.165, 1.54) is 16.4 Å². The summed E-state index contributed by atoms with van der Waals surface area (Å²) < 4.78 is 49.4. The number of carbonyl (C=O) groups excluding carboxylic acids is 1. The SMILES string of the molecule is CC(C)(C)OC(=O)N1CCN(CCN2c3cccc(F)c3N(c3ccccc3)S2(=O)=O)CC1. The first-order chi connectivity index (χ1) is 15.6. The third kappa shape index (κ3) is 4.77. The molecule has 2 aliphatic rings. The van der Waals surface area contributed by atoms with Crippen molar-refractivity contribution < 1.29 is 22.3 Å². The summed E-state index contributed by atoms with van der Waals surface area (Å²) >= 11 is 0. The van der Waals surface area contributed by atoms with Gasteiger partial charge in [-0.25, -0.2) is 17.8 Å². The molecule has 0 aromatic heterocycles. The van der Waals surface area contributed by atoms with Gasteiger partial charge in [0.1, 0.15) is 17.1 Å². The number of ether oxygens (including phenoxy) is 1. The Labute approximate surface area is 194 Å². The van der Waals surface area contributed by atoms with Gasteiger partial charge in [0.25, 0.3) is 0 Å². The molecule has 8 nitrogen and oxygen atoms in total. The highest BCUT2D eigenvalue weighted by molar-refractivity contribution is 7.95. The zero-order chi connectivity index (χ0) is 23.8. The van der Waals surface area contributed by atoms with Crippen molar-refractivity contribution in [2.45, 2.75) is 26.4 Å². The number of fused-ring (bicyclic) bond motifs is 1. The van der Waals surface area contributed by atoms with Gasteiger partial charge in [0.05, 0.1) is 11.4 Å². The normalized spacial score (nSPS) is 18.4. The first kappa shape index (κ1) is 23.3. The third-order valence-corrected chi connectivity index (χ3v) is 7.37. The molecule has 10 heteroatoms. The molecule has 0 bridgehead atoms. The van der Waals surface area contributed by atoms with Crippen LogP contribution in [0.5, 0.6) is 0 Å². The quantitative estimate of drug-likeness (QED) is 0.675. The fourth-order valence-electron chi connectivity index (χ4n) is 4.02. The van der Waals surface area contributed by atoms with Crippen LogP contribution in [0.25, 0.3) is 0 Å². The Morgan fingerprint density at radius 1 is 0.970 bits per heavy atom. The molecule has 2 aliphatic heterocycles. The Morgan fingerprint density at radius 2 is 1.64 bits per heavy atom. The number of carbonyl (C=O) groups is 1. The van der Waals surface area contributed by atoms with E-state index < -0.39 is 21.6 Å². The number of nitrogens with zero attached hydrogens (tertiary/aromatic N) is 4. The van der Waals surface area contributed by atoms with E-state index >= 15 is 0 Å². The van der Waals surface area contributed by atoms with Crippen LogP contribution in [0.2, 0.25) is 0 Å². The van der Waals surface area contributed by atoms with Crippen LogP contribution < -0.4 is 8.61 Å². The van der Waals surface area contributed by atoms with Crippen LogP contribution in [0.15, 0.2) is 48.5 Å². The van der Waals surface area contributed by atoms with Crippen molar-refractivity contribution in [1.29, 1.82) is 0 Å². The van der Waals surface area contributed by atoms with E-state index in [0.717, 1.165) is 4.31 Å². The fourth-order valence-corrected chi connectivity index (χ4v) is 5.72. The highest BCUT2D eigenvalue weighted by Crippen LogP contribution is 2.46. The number of rotatable bonds is 4. The molecule has 0 atom stereocenters. The molecule has 0 radical (unpaired) electrons. The van der Waals surface area contributed by atoms with Gasteiger partial charge in [-0.3, -0.25) is 4.90 Å². The Bertz CT molecular complexity index is 1110. The fraction of sp³-hybridized carbons (Fsp3) is 0.435. The van der Waals surface area contributed by atoms with E-state index in [0.29, 0.717) is 44.1 Å². The minimum absolute atomic E-state index is 0.0402. The molecule has 0 N–H and O–H groups in total. The molecule has 1 fully saturated rings. The highest BCUT2D eigenvalue weighted by Gasteiger charge is 2.43. The van der Waals surface area contributed by atoms with Gasteiger partial charge in [0, 0.05) is 39.3 Å². The summed E-state index contributed by atoms with van der Waals surface area (Å²) in [6, 6.07) is 12.9. The lowest BCUT2D eigenvalue weighted by molar-refractivity contribution is 0.0148. The molecule has 0 saturated carbocycles. The van der Waals surface area contributed by atoms with Crippen molar-refractivity contribution in [1.82, 2.24) is 9.80 Å². The first-order valence-electron chi connectivity index (χ1n) is 10.9. The summed E-state index contributed by atoms with van der Waals surface area (Å²) in [6.07, 6.45) is -0.341. The molecule has 2 aromatic rings. The molecule has 0 unspecified atom stereocenters. The number of para-hydroxylation sites is 2. The number of hydrogen-bond donors (Lipinski definition) is 0. The van der Waals surface area contributed by atoms with Gasteiger partial charge >= 0.3 is 16.3 Å². The van der Waals surface area contributed by atoms with Crippen LogP contribution in [0.3, 0.4) is 0 Å². The molecule has 178 valence electrons. The molecule has 1 saturated heterocycles. The molecule has 1 amide bonds. The van der Waals surface area contributed by atoms with Gasteiger partial charge in [-0.05, 0) is 45.0 Å². The number of benzene rings is 2. The molecule has 33 heavy (non-hydrogen) atoms. The van der Waals surface area contributed by atoms with Crippen molar-refractivity contribution in [3.05, 3.63) is 54.3 Å². The van der Waals surface area contributed by atoms with E-state index in [1.54, 1.807) is 41.3 Å². The second-order valence-corrected chi connectivity index (χ2v) is 10.8. The van der Waals surface area contributed by atoms with Crippen LogP contribution >= 0.6 is 0 Å². The molecular formula is C23H29FN4O4S. The minimum atomic E-state index is -3.99. The lowest BCUT2D eigenvalue weighted by Crippen LogP contribution is -2.51. The topological polar surface area (TPSA) is 73.4 Å². The van der Waals surface area contributed by atoms with Crippen LogP contribution in [-0.4, -0.2) is 69.2 Å². The number of hydrogen-bond acceptors (Lipinski definition) is 5. The second kappa shape index (κ2) is 8.83. The maximum absolute atomic E-state index is 14.8. The molecule has 2 aromatic carbocycles. The summed E-state index contributed by atoms with van der Waals surface area (Å²) in [4.78, 5) is 16.0. The molecule has 4 rings (SSSR count). The minimum Gasteiger partial charge on any atom is -0.444 e. The van der Waals surface area contributed by atoms with Crippen molar-refractivity contribution in [2.24, 2.45) is 0 Å². The first-order valence-corrected chi connectivity index (χ1v) is 12.3. The summed E-state index contributed by atoms with van der Waals surface area (Å²) in [6.45, 7) is 8.34. The summed E-state index contributed by atoms with van der Waals surface area (Å²) in [5.41, 5.74) is 0.202. The zero-order valence-corrected chi connectivity index (χ0v) is 19.9. The highest BCUT2D eigenvalue weighted by atomic mass is 32.2. The van der Waals surface area contributed by atoms with E-state index in [1.807, 2.05) is 20.8 Å². The number of halogens is 1. The Morgan fingerprint density at radius 3 is 2.27 bits per heavy atom. The molecule has 0 aliphatic carbocycles. The third-order valence-electron chi connectivity index (χ3n) is 5.58. The lowest BCUT2D eigenvalue weighted by atomic mass is 10.2. The van der Waals surface area contributed by atoms with Crippen LogP contribution in [-0.2, 0) is 14.9 Å². The standard InChI is InChI=1S/C23H29FN4O4S/c1-23(2,3)32-22(29)26-15-12-25(13-16-26)14-17-27-20-11-7-10-19(24)21(20)28(33(27,30)31)18-8-5-4-6-9-18/h4-11H,12-17H2,1-3H3. The molecule has 0 spiro atoms. The van der Waals surface area contributed by atoms with Gasteiger partial charge in [-0.15, -0.1) is 0 Å². The zero-order valence-electron chi connectivity index (χ0n) is 19.1. The van der Waals surface area contributed by atoms with Crippen molar-refractivity contribution in [2.75, 3.05) is 47.9 Å². The predicted molar refractivity (Wildman–Crippen MR) is 125 cm³/mol. The largest absolute Gasteiger partial charge is 0.444 e. The van der Waals surface area contributed by atoms with E-state index in [-0.39, 0.29) is 18.3 Å². The van der Waals surface area contributed by atoms with Gasteiger partial charge in [0.15, 0.2) is 0 Å². The number of piperazine rings is 1. The summed E-state index contributed by atoms with van der Waals surface area (Å²) in [5.74, 6) is -0.589. The van der Waals surface area contributed by atoms with Crippen molar-refractivity contribution >= 4 is 33.4 Å². The Balaban J connectivity index is 1.46. The van der Waals surface area contributed by atoms with Crippen LogP contribution in [0.1, 0.15) is 20.8 Å². The number of amides is 1. The smallest absolute Gasteiger partial charge is 0.410 e. The van der Waals surface area contributed by atoms with Gasteiger partial charge in [-0.1, -0.05) is 24.3 Å². The molecular weight excluding hydrogens is 447 g/mol. The van der Waals surface area contributed by atoms with E-state index in [4.69, 9.17) is 4.74 Å². The summed E-state index contributed by atoms with van der Waals surface area (Å²) in [7, 11) is -3.99. The Hall–Kier alpha value is -2.85. The van der Waals surface area contributed by atoms with Crippen LogP contribution in [0.4, 0.5) is 26.2 Å². The molecule has 2 heterocycles. The van der Waals surface area contributed by atoms with Crippen molar-refractivity contribution in [3.8, 4) is 0 Å². The lowest BCUT2D eigenvalue weighted by Gasteiger charge is -2.36. The predicted octanol–water partition coefficient (Wildman–Crippen LogP) is 3.58. The van der Waals surface area contributed by atoms with Gasteiger partial charge in [0.2, 0.25) is 0 Å². The van der Waals surface area contributed by atoms with Crippen molar-refractivity contribution in [3.63, 3.8) is 0 Å². The maximum atomic E-state index is 14.8. The van der Waals surface area contributed by atoms with Crippen LogP contribution in [0, 0.1) is 5.82 Å². The Kier molecular flexibility index (Phi) is 6.24. The van der Waals surface area contributed by atoms with E-state index in [2.05, 4.69) is 4.90 Å². The number of anilines is 3. The summed E-state index contributed by atoms with van der Waals surface area (Å²) in [5, 5.41) is 0. The average molecular weight is 477 g/mol. The monoisotopic (exact) mass is 476 g/mol. The van der Waals surface area contributed by atoms with Gasteiger partial charge in [-0.2, -0.15) is 8.42 Å². The van der Waals surface area contributed by atoms with Gasteiger partial charge < -0.3 is 9.64 Å². The average Bonchev–Trinajstić information content (AvgIpc) is 2.99.